The number of nitriles is 1. The first kappa shape index (κ1) is 14.3. The van der Waals surface area contributed by atoms with Crippen LogP contribution in [0.2, 0.25) is 0 Å². The minimum absolute atomic E-state index is 0.144. The second kappa shape index (κ2) is 6.88. The molecule has 1 N–H and O–H groups in total. The molecule has 0 bridgehead atoms. The molecule has 1 atom stereocenters. The number of carbonyl (C=O) groups excluding carboxylic acids is 1. The molecule has 0 aromatic heterocycles. The minimum Gasteiger partial charge on any atom is -0.381 e. The summed E-state index contributed by atoms with van der Waals surface area (Å²) in [4.78, 5) is 12.2. The fourth-order valence-electron chi connectivity index (χ4n) is 2.66. The van der Waals surface area contributed by atoms with Crippen molar-refractivity contribution in [2.24, 2.45) is 5.41 Å². The molecule has 2 fully saturated rings. The molecule has 5 heteroatoms. The molecule has 19 heavy (non-hydrogen) atoms. The topological polar surface area (TPSA) is 71.4 Å². The predicted octanol–water partition coefficient (Wildman–Crippen LogP) is 1.38. The van der Waals surface area contributed by atoms with Crippen molar-refractivity contribution in [3.05, 3.63) is 0 Å². The SMILES string of the molecule is N#CC1(C(=O)NCCC2CCCCO2)CCOCC1. The molecule has 2 heterocycles. The molecule has 1 amide bonds. The largest absolute Gasteiger partial charge is 0.381 e. The highest BCUT2D eigenvalue weighted by Gasteiger charge is 2.40. The second-order valence-electron chi connectivity index (χ2n) is 5.34. The maximum atomic E-state index is 12.2. The van der Waals surface area contributed by atoms with Crippen LogP contribution in [0.4, 0.5) is 0 Å². The Bertz CT molecular complexity index is 339. The van der Waals surface area contributed by atoms with Gasteiger partial charge in [0.25, 0.3) is 0 Å². The number of rotatable bonds is 4. The van der Waals surface area contributed by atoms with Crippen LogP contribution in [0.5, 0.6) is 0 Å². The molecular formula is C14H22N2O3. The Morgan fingerprint density at radius 3 is 2.74 bits per heavy atom. The third-order valence-corrected chi connectivity index (χ3v) is 4.02. The van der Waals surface area contributed by atoms with Crippen LogP contribution in [0, 0.1) is 16.7 Å². The summed E-state index contributed by atoms with van der Waals surface area (Å²) in [6.07, 6.45) is 5.52. The van der Waals surface area contributed by atoms with Gasteiger partial charge in [0.1, 0.15) is 5.41 Å². The van der Waals surface area contributed by atoms with Gasteiger partial charge in [0.15, 0.2) is 0 Å². The summed E-state index contributed by atoms with van der Waals surface area (Å²) in [6.45, 7) is 2.41. The van der Waals surface area contributed by atoms with Crippen LogP contribution >= 0.6 is 0 Å². The molecule has 0 aliphatic carbocycles. The zero-order chi connectivity index (χ0) is 13.6. The van der Waals surface area contributed by atoms with Gasteiger partial charge in [-0.05, 0) is 38.5 Å². The lowest BCUT2D eigenvalue weighted by Crippen LogP contribution is -2.44. The van der Waals surface area contributed by atoms with Crippen molar-refractivity contribution in [1.82, 2.24) is 5.32 Å². The fourth-order valence-corrected chi connectivity index (χ4v) is 2.66. The van der Waals surface area contributed by atoms with Crippen LogP contribution in [0.15, 0.2) is 0 Å². The monoisotopic (exact) mass is 266 g/mol. The third kappa shape index (κ3) is 3.68. The van der Waals surface area contributed by atoms with Gasteiger partial charge in [0.05, 0.1) is 12.2 Å². The zero-order valence-electron chi connectivity index (χ0n) is 11.3. The normalized spacial score (nSPS) is 26.4. The average molecular weight is 266 g/mol. The Morgan fingerprint density at radius 1 is 1.32 bits per heavy atom. The van der Waals surface area contributed by atoms with E-state index in [4.69, 9.17) is 9.47 Å². The maximum Gasteiger partial charge on any atom is 0.240 e. The Morgan fingerprint density at radius 2 is 2.11 bits per heavy atom. The van der Waals surface area contributed by atoms with Gasteiger partial charge in [0, 0.05) is 26.4 Å². The van der Waals surface area contributed by atoms with E-state index >= 15 is 0 Å². The van der Waals surface area contributed by atoms with Crippen LogP contribution in [-0.4, -0.2) is 38.4 Å². The number of hydrogen-bond acceptors (Lipinski definition) is 4. The maximum absolute atomic E-state index is 12.2. The summed E-state index contributed by atoms with van der Waals surface area (Å²) in [6, 6.07) is 2.18. The molecule has 2 saturated heterocycles. The number of nitrogens with zero attached hydrogens (tertiary/aromatic N) is 1. The Balaban J connectivity index is 1.75. The molecule has 5 nitrogen and oxygen atoms in total. The zero-order valence-corrected chi connectivity index (χ0v) is 11.3. The summed E-state index contributed by atoms with van der Waals surface area (Å²) < 4.78 is 10.8. The molecule has 2 aliphatic rings. The highest BCUT2D eigenvalue weighted by molar-refractivity contribution is 5.85. The smallest absolute Gasteiger partial charge is 0.240 e. The molecule has 1 unspecified atom stereocenters. The van der Waals surface area contributed by atoms with Gasteiger partial charge in [0.2, 0.25) is 5.91 Å². The van der Waals surface area contributed by atoms with Crippen molar-refractivity contribution in [2.75, 3.05) is 26.4 Å². The quantitative estimate of drug-likeness (QED) is 0.834. The second-order valence-corrected chi connectivity index (χ2v) is 5.34. The standard InChI is InChI=1S/C14H22N2O3/c15-11-14(5-9-18-10-6-14)13(17)16-7-4-12-3-1-2-8-19-12/h12H,1-10H2,(H,16,17). The molecule has 2 rings (SSSR count). The summed E-state index contributed by atoms with van der Waals surface area (Å²) in [5.74, 6) is -0.144. The number of nitrogens with one attached hydrogen (secondary N) is 1. The number of hydrogen-bond donors (Lipinski definition) is 1. The van der Waals surface area contributed by atoms with Gasteiger partial charge in [-0.1, -0.05) is 0 Å². The predicted molar refractivity (Wildman–Crippen MR) is 69.3 cm³/mol. The van der Waals surface area contributed by atoms with E-state index in [-0.39, 0.29) is 12.0 Å². The lowest BCUT2D eigenvalue weighted by Gasteiger charge is -2.29. The molecule has 0 spiro atoms. The molecule has 0 aromatic carbocycles. The Kier molecular flexibility index (Phi) is 5.17. The van der Waals surface area contributed by atoms with Gasteiger partial charge in [-0.15, -0.1) is 0 Å². The highest BCUT2D eigenvalue weighted by atomic mass is 16.5. The summed E-state index contributed by atoms with van der Waals surface area (Å²) in [5.41, 5.74) is -0.883. The number of amides is 1. The van der Waals surface area contributed by atoms with E-state index in [1.807, 2.05) is 0 Å². The van der Waals surface area contributed by atoms with Crippen molar-refractivity contribution in [3.63, 3.8) is 0 Å². The fraction of sp³-hybridized carbons (Fsp3) is 0.857. The lowest BCUT2D eigenvalue weighted by molar-refractivity contribution is -0.132. The molecule has 0 aromatic rings. The average Bonchev–Trinajstić information content (AvgIpc) is 2.49. The van der Waals surface area contributed by atoms with E-state index in [9.17, 15) is 10.1 Å². The van der Waals surface area contributed by atoms with Gasteiger partial charge in [-0.2, -0.15) is 5.26 Å². The van der Waals surface area contributed by atoms with Crippen molar-refractivity contribution < 1.29 is 14.3 Å². The Labute approximate surface area is 114 Å². The van der Waals surface area contributed by atoms with Crippen LogP contribution < -0.4 is 5.32 Å². The van der Waals surface area contributed by atoms with Crippen molar-refractivity contribution in [1.29, 1.82) is 5.26 Å². The number of ether oxygens (including phenoxy) is 2. The first-order chi connectivity index (χ1) is 9.27. The van der Waals surface area contributed by atoms with E-state index in [1.165, 1.54) is 6.42 Å². The van der Waals surface area contributed by atoms with Crippen molar-refractivity contribution in [3.8, 4) is 6.07 Å². The summed E-state index contributed by atoms with van der Waals surface area (Å²) in [7, 11) is 0. The minimum atomic E-state index is -0.883. The third-order valence-electron chi connectivity index (χ3n) is 4.02. The molecular weight excluding hydrogens is 244 g/mol. The first-order valence-electron chi connectivity index (χ1n) is 7.16. The van der Waals surface area contributed by atoms with E-state index < -0.39 is 5.41 Å². The molecule has 106 valence electrons. The van der Waals surface area contributed by atoms with Crippen molar-refractivity contribution in [2.45, 2.75) is 44.6 Å². The van der Waals surface area contributed by atoms with Gasteiger partial charge in [-0.25, -0.2) is 0 Å². The van der Waals surface area contributed by atoms with Crippen LogP contribution in [0.1, 0.15) is 38.5 Å². The van der Waals surface area contributed by atoms with Crippen LogP contribution in [0.3, 0.4) is 0 Å². The molecule has 0 radical (unpaired) electrons. The van der Waals surface area contributed by atoms with Crippen molar-refractivity contribution >= 4 is 5.91 Å². The summed E-state index contributed by atoms with van der Waals surface area (Å²) in [5, 5.41) is 12.2. The van der Waals surface area contributed by atoms with E-state index in [0.717, 1.165) is 25.9 Å². The van der Waals surface area contributed by atoms with Gasteiger partial charge < -0.3 is 14.8 Å². The van der Waals surface area contributed by atoms with E-state index in [2.05, 4.69) is 11.4 Å². The Hall–Kier alpha value is -1.12. The van der Waals surface area contributed by atoms with Crippen LogP contribution in [-0.2, 0) is 14.3 Å². The van der Waals surface area contributed by atoms with Crippen LogP contribution in [0.25, 0.3) is 0 Å². The number of carbonyl (C=O) groups is 1. The first-order valence-corrected chi connectivity index (χ1v) is 7.16. The molecule has 0 saturated carbocycles. The van der Waals surface area contributed by atoms with Gasteiger partial charge in [-0.3, -0.25) is 4.79 Å². The summed E-state index contributed by atoms with van der Waals surface area (Å²) >= 11 is 0. The van der Waals surface area contributed by atoms with E-state index in [1.54, 1.807) is 0 Å². The molecule has 2 aliphatic heterocycles. The highest BCUT2D eigenvalue weighted by Crippen LogP contribution is 2.29. The lowest BCUT2D eigenvalue weighted by atomic mass is 9.81. The van der Waals surface area contributed by atoms with E-state index in [0.29, 0.717) is 32.6 Å². The van der Waals surface area contributed by atoms with Gasteiger partial charge >= 0.3 is 0 Å².